The van der Waals surface area contributed by atoms with Gasteiger partial charge in [0.2, 0.25) is 5.88 Å². The first kappa shape index (κ1) is 18.4. The highest BCUT2D eigenvalue weighted by Gasteiger charge is 2.48. The Hall–Kier alpha value is -2.39. The first-order valence-electron chi connectivity index (χ1n) is 10.0. The lowest BCUT2D eigenvalue weighted by Gasteiger charge is -2.15. The number of H-pyrrole nitrogens is 1. The topological polar surface area (TPSA) is 98.7 Å². The van der Waals surface area contributed by atoms with Crippen LogP contribution in [0.5, 0.6) is 11.9 Å². The van der Waals surface area contributed by atoms with Gasteiger partial charge in [0.15, 0.2) is 11.8 Å². The van der Waals surface area contributed by atoms with Crippen molar-refractivity contribution in [3.63, 3.8) is 0 Å². The van der Waals surface area contributed by atoms with E-state index in [4.69, 9.17) is 30.5 Å². The van der Waals surface area contributed by atoms with Crippen molar-refractivity contribution >= 4 is 22.8 Å². The van der Waals surface area contributed by atoms with E-state index < -0.39 is 6.10 Å². The van der Waals surface area contributed by atoms with E-state index in [2.05, 4.69) is 27.1 Å². The summed E-state index contributed by atoms with van der Waals surface area (Å²) >= 11 is 6.43. The molecule has 3 aromatic rings. The smallest absolute Gasteiger partial charge is 0.296 e. The van der Waals surface area contributed by atoms with Crippen LogP contribution in [0.25, 0.3) is 11.2 Å². The second-order valence-electron chi connectivity index (χ2n) is 7.85. The quantitative estimate of drug-likeness (QED) is 0.657. The van der Waals surface area contributed by atoms with Crippen LogP contribution in [-0.4, -0.2) is 57.7 Å². The van der Waals surface area contributed by atoms with Gasteiger partial charge in [0.25, 0.3) is 6.01 Å². The standard InChI is InChI=1S/C21H20ClN3O5/c22-12-7-13-19(24-20(12)29-15-6-5-10-3-1-2-4-11(10)15)25-21(23-13)30-16-9-28-17-14(26)8-27-18(16)17/h1-4,7,14-18,26H,5-6,8-9H2,(H,23,24,25)/t14-,15?,16-,17-,18?/m1/s1. The molecule has 1 aromatic carbocycles. The largest absolute Gasteiger partial charge is 0.468 e. The third-order valence-corrected chi connectivity index (χ3v) is 6.22. The Kier molecular flexibility index (Phi) is 4.35. The molecule has 5 atom stereocenters. The summed E-state index contributed by atoms with van der Waals surface area (Å²) in [6.07, 6.45) is 0.141. The van der Waals surface area contributed by atoms with Gasteiger partial charge in [-0.25, -0.2) is 0 Å². The maximum atomic E-state index is 9.87. The first-order chi connectivity index (χ1) is 14.7. The maximum absolute atomic E-state index is 9.87. The third kappa shape index (κ3) is 3.02. The Bertz CT molecular complexity index is 1110. The summed E-state index contributed by atoms with van der Waals surface area (Å²) in [6.45, 7) is 0.574. The fourth-order valence-electron chi connectivity index (χ4n) is 4.48. The van der Waals surface area contributed by atoms with Crippen molar-refractivity contribution in [3.05, 3.63) is 46.5 Å². The number of benzene rings is 1. The fourth-order valence-corrected chi connectivity index (χ4v) is 4.68. The van der Waals surface area contributed by atoms with E-state index in [0.717, 1.165) is 12.8 Å². The zero-order valence-corrected chi connectivity index (χ0v) is 16.7. The van der Waals surface area contributed by atoms with Crippen molar-refractivity contribution in [1.82, 2.24) is 15.0 Å². The van der Waals surface area contributed by atoms with E-state index in [0.29, 0.717) is 34.7 Å². The molecule has 6 rings (SSSR count). The number of hydrogen-bond acceptors (Lipinski definition) is 7. The summed E-state index contributed by atoms with van der Waals surface area (Å²) in [5, 5.41) is 10.3. The lowest BCUT2D eigenvalue weighted by atomic mass is 10.1. The summed E-state index contributed by atoms with van der Waals surface area (Å²) in [7, 11) is 0. The summed E-state index contributed by atoms with van der Waals surface area (Å²) < 4.78 is 23.3. The van der Waals surface area contributed by atoms with E-state index in [-0.39, 0.29) is 31.0 Å². The lowest BCUT2D eigenvalue weighted by molar-refractivity contribution is 0.00706. The number of hydrogen-bond donors (Lipinski definition) is 2. The van der Waals surface area contributed by atoms with Gasteiger partial charge in [-0.1, -0.05) is 35.9 Å². The number of aryl methyl sites for hydroxylation is 1. The van der Waals surface area contributed by atoms with Crippen LogP contribution in [-0.2, 0) is 15.9 Å². The van der Waals surface area contributed by atoms with Gasteiger partial charge in [-0.05, 0) is 30.0 Å². The number of aliphatic hydroxyl groups excluding tert-OH is 1. The molecule has 2 saturated heterocycles. The van der Waals surface area contributed by atoms with Gasteiger partial charge < -0.3 is 29.0 Å². The molecule has 0 radical (unpaired) electrons. The van der Waals surface area contributed by atoms with Crippen LogP contribution in [0.4, 0.5) is 0 Å². The van der Waals surface area contributed by atoms with Gasteiger partial charge >= 0.3 is 0 Å². The number of pyridine rings is 1. The minimum Gasteiger partial charge on any atom is -0.468 e. The predicted molar refractivity (Wildman–Crippen MR) is 107 cm³/mol. The molecule has 156 valence electrons. The molecule has 4 heterocycles. The van der Waals surface area contributed by atoms with Gasteiger partial charge in [0, 0.05) is 0 Å². The minimum atomic E-state index is -0.625. The van der Waals surface area contributed by atoms with E-state index >= 15 is 0 Å². The SMILES string of the molecule is O[C@@H]1COC2[C@H](Oc3nc4nc(OC5CCc6ccccc65)c(Cl)cc4[nH]3)CO[C@@H]21. The van der Waals surface area contributed by atoms with Gasteiger partial charge in [0.1, 0.15) is 29.4 Å². The number of aromatic nitrogens is 3. The number of aliphatic hydroxyl groups is 1. The zero-order chi connectivity index (χ0) is 20.2. The number of aromatic amines is 1. The molecule has 2 aliphatic heterocycles. The van der Waals surface area contributed by atoms with E-state index in [1.807, 2.05) is 12.1 Å². The van der Waals surface area contributed by atoms with E-state index in [1.165, 1.54) is 11.1 Å². The fraction of sp³-hybridized carbons (Fsp3) is 0.429. The number of fused-ring (bicyclic) bond motifs is 3. The van der Waals surface area contributed by atoms with Crippen LogP contribution in [0, 0.1) is 0 Å². The highest BCUT2D eigenvalue weighted by Crippen LogP contribution is 2.37. The Balaban J connectivity index is 1.23. The number of nitrogens with one attached hydrogen (secondary N) is 1. The van der Waals surface area contributed by atoms with Crippen LogP contribution in [0.15, 0.2) is 30.3 Å². The van der Waals surface area contributed by atoms with Gasteiger partial charge in [-0.15, -0.1) is 0 Å². The molecule has 2 fully saturated rings. The average molecular weight is 430 g/mol. The molecular weight excluding hydrogens is 410 g/mol. The molecule has 0 saturated carbocycles. The van der Waals surface area contributed by atoms with Crippen molar-refractivity contribution in [2.75, 3.05) is 13.2 Å². The van der Waals surface area contributed by atoms with Crippen LogP contribution in [0.3, 0.4) is 0 Å². The highest BCUT2D eigenvalue weighted by molar-refractivity contribution is 6.32. The van der Waals surface area contributed by atoms with Crippen LogP contribution >= 0.6 is 11.6 Å². The molecule has 1 aliphatic carbocycles. The summed E-state index contributed by atoms with van der Waals surface area (Å²) in [4.78, 5) is 12.0. The molecule has 9 heteroatoms. The Morgan fingerprint density at radius 3 is 2.90 bits per heavy atom. The summed E-state index contributed by atoms with van der Waals surface area (Å²) in [6, 6.07) is 10.3. The van der Waals surface area contributed by atoms with Crippen molar-refractivity contribution in [1.29, 1.82) is 0 Å². The molecular formula is C21H20ClN3O5. The highest BCUT2D eigenvalue weighted by atomic mass is 35.5. The Labute approximate surface area is 177 Å². The molecule has 0 amide bonds. The first-order valence-corrected chi connectivity index (χ1v) is 10.4. The number of halogens is 1. The Morgan fingerprint density at radius 1 is 1.10 bits per heavy atom. The monoisotopic (exact) mass is 429 g/mol. The average Bonchev–Trinajstić information content (AvgIpc) is 3.49. The summed E-state index contributed by atoms with van der Waals surface area (Å²) in [5.41, 5.74) is 3.58. The molecule has 2 N–H and O–H groups in total. The summed E-state index contributed by atoms with van der Waals surface area (Å²) in [5.74, 6) is 0.357. The van der Waals surface area contributed by atoms with Crippen LogP contribution < -0.4 is 9.47 Å². The van der Waals surface area contributed by atoms with E-state index in [9.17, 15) is 5.11 Å². The maximum Gasteiger partial charge on any atom is 0.296 e. The van der Waals surface area contributed by atoms with Crippen molar-refractivity contribution in [2.24, 2.45) is 0 Å². The van der Waals surface area contributed by atoms with Gasteiger partial charge in [-0.2, -0.15) is 9.97 Å². The number of ether oxygens (including phenoxy) is 4. The van der Waals surface area contributed by atoms with Gasteiger partial charge in [0.05, 0.1) is 18.7 Å². The normalized spacial score (nSPS) is 29.9. The van der Waals surface area contributed by atoms with Crippen molar-refractivity contribution in [2.45, 2.75) is 43.4 Å². The lowest BCUT2D eigenvalue weighted by Crippen LogP contribution is -2.34. The third-order valence-electron chi connectivity index (χ3n) is 5.95. The van der Waals surface area contributed by atoms with Crippen LogP contribution in [0.2, 0.25) is 5.02 Å². The second-order valence-corrected chi connectivity index (χ2v) is 8.26. The number of nitrogens with zero attached hydrogens (tertiary/aromatic N) is 2. The van der Waals surface area contributed by atoms with E-state index in [1.54, 1.807) is 6.07 Å². The molecule has 30 heavy (non-hydrogen) atoms. The Morgan fingerprint density at radius 2 is 1.97 bits per heavy atom. The number of rotatable bonds is 4. The predicted octanol–water partition coefficient (Wildman–Crippen LogP) is 2.58. The molecule has 0 bridgehead atoms. The van der Waals surface area contributed by atoms with Gasteiger partial charge in [-0.3, -0.25) is 0 Å². The molecule has 2 unspecified atom stereocenters. The van der Waals surface area contributed by atoms with Crippen LogP contribution in [0.1, 0.15) is 23.7 Å². The molecule has 3 aliphatic rings. The molecule has 0 spiro atoms. The van der Waals surface area contributed by atoms with Crippen molar-refractivity contribution < 1.29 is 24.1 Å². The van der Waals surface area contributed by atoms with Crippen molar-refractivity contribution in [3.8, 4) is 11.9 Å². The zero-order valence-electron chi connectivity index (χ0n) is 16.0. The molecule has 2 aromatic heterocycles. The minimum absolute atomic E-state index is 0.0724. The second kappa shape index (κ2) is 7.09. The molecule has 8 nitrogen and oxygen atoms in total. The number of imidazole rings is 1.